The van der Waals surface area contributed by atoms with Crippen LogP contribution in [0.2, 0.25) is 0 Å². The first-order chi connectivity index (χ1) is 7.61. The number of hydrogen-bond acceptors (Lipinski definition) is 3. The largest absolute Gasteiger partial charge is 0.355 e. The van der Waals surface area contributed by atoms with Crippen LogP contribution in [0.15, 0.2) is 0 Å². The van der Waals surface area contributed by atoms with Crippen molar-refractivity contribution in [2.45, 2.75) is 32.1 Å². The zero-order chi connectivity index (χ0) is 12.0. The van der Waals surface area contributed by atoms with Gasteiger partial charge in [0, 0.05) is 13.0 Å². The van der Waals surface area contributed by atoms with Crippen molar-refractivity contribution >= 4 is 11.7 Å². The van der Waals surface area contributed by atoms with Crippen LogP contribution < -0.4 is 5.32 Å². The number of hydrogen-bond donors (Lipinski definition) is 1. The van der Waals surface area contributed by atoms with Gasteiger partial charge < -0.3 is 10.2 Å². The Hall–Kier alpha value is -0.900. The Kier molecular flexibility index (Phi) is 5.46. The molecule has 4 nitrogen and oxygen atoms in total. The van der Waals surface area contributed by atoms with Crippen molar-refractivity contribution < 1.29 is 9.59 Å². The summed E-state index contributed by atoms with van der Waals surface area (Å²) in [5.74, 6) is -0.312. The maximum Gasteiger partial charge on any atom is 0.230 e. The van der Waals surface area contributed by atoms with Crippen LogP contribution >= 0.6 is 0 Å². The van der Waals surface area contributed by atoms with E-state index in [0.29, 0.717) is 13.0 Å². The van der Waals surface area contributed by atoms with Gasteiger partial charge in [0.05, 0.1) is 5.92 Å². The maximum absolute atomic E-state index is 11.7. The molecule has 1 fully saturated rings. The van der Waals surface area contributed by atoms with Gasteiger partial charge >= 0.3 is 0 Å². The standard InChI is InChI=1S/C12H22N2O2/c1-14(2)9-5-8-13-12(16)10-6-3-4-7-11(10)15/h10H,3-9H2,1-2H3,(H,13,16). The van der Waals surface area contributed by atoms with Crippen molar-refractivity contribution in [1.82, 2.24) is 10.2 Å². The van der Waals surface area contributed by atoms with Crippen LogP contribution in [0.3, 0.4) is 0 Å². The molecule has 0 heterocycles. The number of carbonyl (C=O) groups is 2. The number of carbonyl (C=O) groups excluding carboxylic acids is 2. The summed E-state index contributed by atoms with van der Waals surface area (Å²) in [6.45, 7) is 1.62. The molecule has 1 atom stereocenters. The van der Waals surface area contributed by atoms with Gasteiger partial charge in [-0.25, -0.2) is 0 Å². The van der Waals surface area contributed by atoms with Gasteiger partial charge in [0.2, 0.25) is 5.91 Å². The van der Waals surface area contributed by atoms with E-state index in [2.05, 4.69) is 10.2 Å². The van der Waals surface area contributed by atoms with Crippen molar-refractivity contribution in [3.63, 3.8) is 0 Å². The minimum atomic E-state index is -0.367. The second kappa shape index (κ2) is 6.63. The Balaban J connectivity index is 2.21. The number of nitrogens with one attached hydrogen (secondary N) is 1. The molecule has 1 aliphatic carbocycles. The van der Waals surface area contributed by atoms with Crippen LogP contribution in [0.4, 0.5) is 0 Å². The number of rotatable bonds is 5. The number of Topliss-reactive ketones (excluding diaryl/α,β-unsaturated/α-hetero) is 1. The molecule has 0 aromatic heterocycles. The van der Waals surface area contributed by atoms with Crippen molar-refractivity contribution in [3.8, 4) is 0 Å². The van der Waals surface area contributed by atoms with E-state index in [9.17, 15) is 9.59 Å². The molecule has 1 aliphatic rings. The normalized spacial score (nSPS) is 21.2. The third-order valence-electron chi connectivity index (χ3n) is 2.95. The predicted molar refractivity (Wildman–Crippen MR) is 63.1 cm³/mol. The molecular formula is C12H22N2O2. The molecule has 1 saturated carbocycles. The molecule has 0 bridgehead atoms. The maximum atomic E-state index is 11.7. The first-order valence-electron chi connectivity index (χ1n) is 6.06. The lowest BCUT2D eigenvalue weighted by molar-refractivity contribution is -0.135. The lowest BCUT2D eigenvalue weighted by Crippen LogP contribution is -2.38. The number of amides is 1. The van der Waals surface area contributed by atoms with Crippen LogP contribution in [0.1, 0.15) is 32.1 Å². The Bertz CT molecular complexity index is 251. The molecule has 0 radical (unpaired) electrons. The minimum Gasteiger partial charge on any atom is -0.355 e. The molecule has 0 spiro atoms. The first kappa shape index (κ1) is 13.2. The number of nitrogens with zero attached hydrogens (tertiary/aromatic N) is 1. The fourth-order valence-corrected chi connectivity index (χ4v) is 1.99. The third-order valence-corrected chi connectivity index (χ3v) is 2.95. The molecule has 1 rings (SSSR count). The van der Waals surface area contributed by atoms with Crippen molar-refractivity contribution in [1.29, 1.82) is 0 Å². The average molecular weight is 226 g/mol. The van der Waals surface area contributed by atoms with Crippen molar-refractivity contribution in [2.24, 2.45) is 5.92 Å². The Morgan fingerprint density at radius 1 is 1.44 bits per heavy atom. The highest BCUT2D eigenvalue weighted by Gasteiger charge is 2.28. The quantitative estimate of drug-likeness (QED) is 0.557. The van der Waals surface area contributed by atoms with E-state index in [0.717, 1.165) is 32.2 Å². The van der Waals surface area contributed by atoms with E-state index < -0.39 is 0 Å². The fraction of sp³-hybridized carbons (Fsp3) is 0.833. The average Bonchev–Trinajstić information content (AvgIpc) is 2.24. The summed E-state index contributed by atoms with van der Waals surface area (Å²) in [6, 6.07) is 0. The topological polar surface area (TPSA) is 49.4 Å². The summed E-state index contributed by atoms with van der Waals surface area (Å²) in [6.07, 6.45) is 4.19. The predicted octanol–water partition coefficient (Wildman–Crippen LogP) is 0.814. The molecule has 1 unspecified atom stereocenters. The Morgan fingerprint density at radius 2 is 2.19 bits per heavy atom. The Morgan fingerprint density at radius 3 is 2.81 bits per heavy atom. The molecule has 1 N–H and O–H groups in total. The summed E-state index contributed by atoms with van der Waals surface area (Å²) in [5, 5.41) is 2.85. The lowest BCUT2D eigenvalue weighted by atomic mass is 9.87. The second-order valence-corrected chi connectivity index (χ2v) is 4.71. The lowest BCUT2D eigenvalue weighted by Gasteiger charge is -2.19. The first-order valence-corrected chi connectivity index (χ1v) is 6.06. The van der Waals surface area contributed by atoms with Gasteiger partial charge in [-0.05, 0) is 39.9 Å². The van der Waals surface area contributed by atoms with E-state index in [1.54, 1.807) is 0 Å². The van der Waals surface area contributed by atoms with Gasteiger partial charge in [0.15, 0.2) is 0 Å². The Labute approximate surface area is 97.4 Å². The van der Waals surface area contributed by atoms with Crippen LogP contribution in [-0.2, 0) is 9.59 Å². The van der Waals surface area contributed by atoms with Crippen LogP contribution in [0.5, 0.6) is 0 Å². The SMILES string of the molecule is CN(C)CCCNC(=O)C1CCCCC1=O. The van der Waals surface area contributed by atoms with Gasteiger partial charge in [0.1, 0.15) is 5.78 Å². The number of ketones is 1. The molecule has 0 aliphatic heterocycles. The molecule has 0 aromatic rings. The second-order valence-electron chi connectivity index (χ2n) is 4.71. The fourth-order valence-electron chi connectivity index (χ4n) is 1.99. The third kappa shape index (κ3) is 4.31. The summed E-state index contributed by atoms with van der Waals surface area (Å²) >= 11 is 0. The molecule has 0 saturated heterocycles. The van der Waals surface area contributed by atoms with E-state index >= 15 is 0 Å². The molecule has 16 heavy (non-hydrogen) atoms. The smallest absolute Gasteiger partial charge is 0.230 e. The van der Waals surface area contributed by atoms with Gasteiger partial charge in [0.25, 0.3) is 0 Å². The van der Waals surface area contributed by atoms with Gasteiger partial charge in [-0.1, -0.05) is 6.42 Å². The summed E-state index contributed by atoms with van der Waals surface area (Å²) < 4.78 is 0. The van der Waals surface area contributed by atoms with E-state index in [4.69, 9.17) is 0 Å². The van der Waals surface area contributed by atoms with Gasteiger partial charge in [-0.3, -0.25) is 9.59 Å². The van der Waals surface area contributed by atoms with E-state index in [1.165, 1.54) is 0 Å². The van der Waals surface area contributed by atoms with E-state index in [-0.39, 0.29) is 17.6 Å². The van der Waals surface area contributed by atoms with Crippen LogP contribution in [0.25, 0.3) is 0 Å². The van der Waals surface area contributed by atoms with E-state index in [1.807, 2.05) is 14.1 Å². The van der Waals surface area contributed by atoms with Crippen LogP contribution in [0, 0.1) is 5.92 Å². The van der Waals surface area contributed by atoms with Crippen molar-refractivity contribution in [2.75, 3.05) is 27.2 Å². The molecule has 92 valence electrons. The highest BCUT2D eigenvalue weighted by Crippen LogP contribution is 2.20. The highest BCUT2D eigenvalue weighted by atomic mass is 16.2. The molecule has 1 amide bonds. The molecule has 4 heteroatoms. The van der Waals surface area contributed by atoms with Gasteiger partial charge in [-0.2, -0.15) is 0 Å². The zero-order valence-corrected chi connectivity index (χ0v) is 10.3. The summed E-state index contributed by atoms with van der Waals surface area (Å²) in [5.41, 5.74) is 0. The monoisotopic (exact) mass is 226 g/mol. The molecular weight excluding hydrogens is 204 g/mol. The van der Waals surface area contributed by atoms with Crippen molar-refractivity contribution in [3.05, 3.63) is 0 Å². The zero-order valence-electron chi connectivity index (χ0n) is 10.3. The minimum absolute atomic E-state index is 0.0662. The van der Waals surface area contributed by atoms with Crippen LogP contribution in [-0.4, -0.2) is 43.8 Å². The summed E-state index contributed by atoms with van der Waals surface area (Å²) in [4.78, 5) is 25.3. The highest BCUT2D eigenvalue weighted by molar-refractivity contribution is 6.01. The van der Waals surface area contributed by atoms with Gasteiger partial charge in [-0.15, -0.1) is 0 Å². The molecule has 0 aromatic carbocycles. The summed E-state index contributed by atoms with van der Waals surface area (Å²) in [7, 11) is 4.01.